The van der Waals surface area contributed by atoms with Crippen LogP contribution in [0.3, 0.4) is 0 Å². The van der Waals surface area contributed by atoms with Crippen LogP contribution in [0.15, 0.2) is 41.3 Å². The van der Waals surface area contributed by atoms with E-state index >= 15 is 0 Å². The van der Waals surface area contributed by atoms with Gasteiger partial charge < -0.3 is 4.90 Å². The van der Waals surface area contributed by atoms with Gasteiger partial charge in [0, 0.05) is 13.1 Å². The van der Waals surface area contributed by atoms with E-state index in [9.17, 15) is 4.79 Å². The average molecular weight is 318 g/mol. The van der Waals surface area contributed by atoms with Crippen LogP contribution in [-0.2, 0) is 6.42 Å². The van der Waals surface area contributed by atoms with E-state index in [4.69, 9.17) is 11.6 Å². The van der Waals surface area contributed by atoms with Gasteiger partial charge in [0.25, 0.3) is 5.56 Å². The molecule has 22 heavy (non-hydrogen) atoms. The first-order valence-corrected chi connectivity index (χ1v) is 7.97. The van der Waals surface area contributed by atoms with Crippen LogP contribution in [0.25, 0.3) is 0 Å². The molecule has 2 heterocycles. The summed E-state index contributed by atoms with van der Waals surface area (Å²) >= 11 is 6.11. The minimum atomic E-state index is -0.322. The molecule has 0 unspecified atom stereocenters. The number of aryl methyl sites for hydroxylation is 1. The number of nitrogens with one attached hydrogen (secondary N) is 1. The van der Waals surface area contributed by atoms with E-state index in [1.807, 2.05) is 6.07 Å². The number of benzene rings is 1. The maximum atomic E-state index is 11.6. The molecule has 116 valence electrons. The quantitative estimate of drug-likeness (QED) is 0.941. The van der Waals surface area contributed by atoms with Crippen molar-refractivity contribution in [2.45, 2.75) is 26.2 Å². The fourth-order valence-corrected chi connectivity index (χ4v) is 3.33. The summed E-state index contributed by atoms with van der Waals surface area (Å²) in [4.78, 5) is 13.8. The van der Waals surface area contributed by atoms with E-state index < -0.39 is 0 Å². The number of anilines is 1. The highest BCUT2D eigenvalue weighted by atomic mass is 35.5. The number of aromatic nitrogens is 2. The summed E-state index contributed by atoms with van der Waals surface area (Å²) < 4.78 is 0. The van der Waals surface area contributed by atoms with Crippen molar-refractivity contribution in [1.82, 2.24) is 10.2 Å². The maximum Gasteiger partial charge on any atom is 0.285 e. The van der Waals surface area contributed by atoms with Crippen LogP contribution in [-0.4, -0.2) is 23.3 Å². The highest BCUT2D eigenvalue weighted by molar-refractivity contribution is 6.33. The summed E-state index contributed by atoms with van der Waals surface area (Å²) in [6.07, 6.45) is 4.95. The molecule has 1 aliphatic rings. The second-order valence-corrected chi connectivity index (χ2v) is 6.74. The number of halogens is 1. The molecule has 3 rings (SSSR count). The number of rotatable bonds is 4. The van der Waals surface area contributed by atoms with Crippen LogP contribution in [0.1, 0.15) is 25.3 Å². The summed E-state index contributed by atoms with van der Waals surface area (Å²) in [6, 6.07) is 10.6. The standard InChI is InChI=1S/C17H20ClN3O/c1-17(8-7-13-5-3-2-4-6-13)9-10-21(12-17)14-11-19-20-16(22)15(14)18/h2-6,11H,7-10,12H2,1H3,(H,20,22)/t17-/m0/s1. The Morgan fingerprint density at radius 3 is 2.91 bits per heavy atom. The molecule has 0 bridgehead atoms. The van der Waals surface area contributed by atoms with Gasteiger partial charge in [-0.25, -0.2) is 5.10 Å². The van der Waals surface area contributed by atoms with E-state index in [2.05, 4.69) is 46.3 Å². The SMILES string of the molecule is C[C@]1(CCc2ccccc2)CCN(c2cn[nH]c(=O)c2Cl)C1. The monoisotopic (exact) mass is 317 g/mol. The van der Waals surface area contributed by atoms with Gasteiger partial charge in [-0.1, -0.05) is 48.9 Å². The van der Waals surface area contributed by atoms with Crippen molar-refractivity contribution in [3.8, 4) is 0 Å². The molecule has 0 spiro atoms. The zero-order valence-electron chi connectivity index (χ0n) is 12.7. The zero-order valence-corrected chi connectivity index (χ0v) is 13.4. The third-order valence-corrected chi connectivity index (χ3v) is 4.90. The van der Waals surface area contributed by atoms with Gasteiger partial charge in [0.05, 0.1) is 11.9 Å². The molecule has 1 N–H and O–H groups in total. The lowest BCUT2D eigenvalue weighted by Gasteiger charge is -2.25. The van der Waals surface area contributed by atoms with E-state index in [1.54, 1.807) is 6.20 Å². The van der Waals surface area contributed by atoms with Crippen LogP contribution < -0.4 is 10.5 Å². The van der Waals surface area contributed by atoms with Crippen LogP contribution in [0, 0.1) is 5.41 Å². The van der Waals surface area contributed by atoms with Crippen LogP contribution >= 0.6 is 11.6 Å². The van der Waals surface area contributed by atoms with E-state index in [1.165, 1.54) is 5.56 Å². The van der Waals surface area contributed by atoms with Gasteiger partial charge in [0.1, 0.15) is 5.02 Å². The van der Waals surface area contributed by atoms with E-state index in [0.29, 0.717) is 0 Å². The van der Waals surface area contributed by atoms with Gasteiger partial charge in [-0.3, -0.25) is 4.79 Å². The van der Waals surface area contributed by atoms with E-state index in [0.717, 1.165) is 38.0 Å². The molecule has 0 saturated carbocycles. The number of H-pyrrole nitrogens is 1. The molecule has 4 nitrogen and oxygen atoms in total. The molecule has 1 aliphatic heterocycles. The Bertz CT molecular complexity index is 701. The van der Waals surface area contributed by atoms with Crippen molar-refractivity contribution >= 4 is 17.3 Å². The first-order chi connectivity index (χ1) is 10.6. The smallest absolute Gasteiger partial charge is 0.285 e. The zero-order chi connectivity index (χ0) is 15.6. The van der Waals surface area contributed by atoms with Crippen molar-refractivity contribution in [3.63, 3.8) is 0 Å². The third kappa shape index (κ3) is 3.17. The minimum Gasteiger partial charge on any atom is -0.368 e. The molecule has 1 fully saturated rings. The van der Waals surface area contributed by atoms with Gasteiger partial charge in [0.2, 0.25) is 0 Å². The second kappa shape index (κ2) is 6.13. The molecule has 2 aromatic rings. The molecule has 0 amide bonds. The normalized spacial score (nSPS) is 21.3. The Hall–Kier alpha value is -1.81. The molecule has 0 radical (unpaired) electrons. The lowest BCUT2D eigenvalue weighted by molar-refractivity contribution is 0.339. The predicted molar refractivity (Wildman–Crippen MR) is 89.6 cm³/mol. The molecule has 1 atom stereocenters. The predicted octanol–water partition coefficient (Wildman–Crippen LogP) is 3.27. The Labute approximate surface area is 135 Å². The Morgan fingerprint density at radius 1 is 1.36 bits per heavy atom. The van der Waals surface area contributed by atoms with Gasteiger partial charge in [-0.05, 0) is 30.2 Å². The van der Waals surface area contributed by atoms with Crippen LogP contribution in [0.5, 0.6) is 0 Å². The molecule has 5 heteroatoms. The van der Waals surface area contributed by atoms with Gasteiger partial charge in [-0.15, -0.1) is 0 Å². The first kappa shape index (κ1) is 15.1. The first-order valence-electron chi connectivity index (χ1n) is 7.59. The van der Waals surface area contributed by atoms with Gasteiger partial charge in [0.15, 0.2) is 0 Å². The Morgan fingerprint density at radius 2 is 2.14 bits per heavy atom. The summed E-state index contributed by atoms with van der Waals surface area (Å²) in [5, 5.41) is 6.47. The summed E-state index contributed by atoms with van der Waals surface area (Å²) in [7, 11) is 0. The lowest BCUT2D eigenvalue weighted by Crippen LogP contribution is -2.27. The topological polar surface area (TPSA) is 49.0 Å². The second-order valence-electron chi connectivity index (χ2n) is 6.37. The number of hydrogen-bond donors (Lipinski definition) is 1. The van der Waals surface area contributed by atoms with Crippen molar-refractivity contribution < 1.29 is 0 Å². The van der Waals surface area contributed by atoms with Crippen LogP contribution in [0.2, 0.25) is 5.02 Å². The third-order valence-electron chi connectivity index (χ3n) is 4.54. The molecule has 1 aromatic heterocycles. The van der Waals surface area contributed by atoms with Crippen molar-refractivity contribution in [1.29, 1.82) is 0 Å². The molecule has 1 aromatic carbocycles. The molecular weight excluding hydrogens is 298 g/mol. The Balaban J connectivity index is 1.68. The lowest BCUT2D eigenvalue weighted by atomic mass is 9.83. The largest absolute Gasteiger partial charge is 0.368 e. The van der Waals surface area contributed by atoms with Crippen molar-refractivity contribution in [3.05, 3.63) is 57.5 Å². The molecule has 1 saturated heterocycles. The maximum absolute atomic E-state index is 11.6. The Kier molecular flexibility index (Phi) is 4.21. The molecule has 0 aliphatic carbocycles. The number of aromatic amines is 1. The van der Waals surface area contributed by atoms with Crippen molar-refractivity contribution in [2.75, 3.05) is 18.0 Å². The van der Waals surface area contributed by atoms with Gasteiger partial charge in [-0.2, -0.15) is 5.10 Å². The summed E-state index contributed by atoms with van der Waals surface area (Å²) in [6.45, 7) is 4.13. The average Bonchev–Trinajstić information content (AvgIpc) is 2.92. The highest BCUT2D eigenvalue weighted by Crippen LogP contribution is 2.38. The fourth-order valence-electron chi connectivity index (χ4n) is 3.12. The van der Waals surface area contributed by atoms with Crippen molar-refractivity contribution in [2.24, 2.45) is 5.41 Å². The van der Waals surface area contributed by atoms with Gasteiger partial charge >= 0.3 is 0 Å². The van der Waals surface area contributed by atoms with E-state index in [-0.39, 0.29) is 16.0 Å². The van der Waals surface area contributed by atoms with Crippen LogP contribution in [0.4, 0.5) is 5.69 Å². The minimum absolute atomic E-state index is 0.238. The summed E-state index contributed by atoms with van der Waals surface area (Å²) in [5.74, 6) is 0. The highest BCUT2D eigenvalue weighted by Gasteiger charge is 2.34. The number of nitrogens with zero attached hydrogens (tertiary/aromatic N) is 2. The molecular formula is C17H20ClN3O. The summed E-state index contributed by atoms with van der Waals surface area (Å²) in [5.41, 5.74) is 2.03. The fraction of sp³-hybridized carbons (Fsp3) is 0.412. The number of hydrogen-bond acceptors (Lipinski definition) is 3.